The number of aryl methyl sites for hydroxylation is 1. The van der Waals surface area contributed by atoms with Gasteiger partial charge in [-0.25, -0.2) is 4.98 Å². The van der Waals surface area contributed by atoms with Crippen LogP contribution < -0.4 is 9.80 Å². The second-order valence-corrected chi connectivity index (χ2v) is 10.8. The number of nitrogens with zero attached hydrogens (tertiary/aromatic N) is 4. The lowest BCUT2D eigenvalue weighted by Crippen LogP contribution is -2.46. The van der Waals surface area contributed by atoms with Gasteiger partial charge < -0.3 is 14.7 Å². The Hall–Kier alpha value is -4.09. The Morgan fingerprint density at radius 2 is 1.40 bits per heavy atom. The summed E-state index contributed by atoms with van der Waals surface area (Å²) in [4.78, 5) is 34.4. The number of hydrogen-bond donors (Lipinski definition) is 0. The number of carbonyl (C=O) groups is 2. The average Bonchev–Trinajstić information content (AvgIpc) is 2.95. The molecule has 0 saturated carbocycles. The zero-order valence-electron chi connectivity index (χ0n) is 23.5. The van der Waals surface area contributed by atoms with Crippen molar-refractivity contribution in [1.82, 2.24) is 9.88 Å². The van der Waals surface area contributed by atoms with Gasteiger partial charge in [-0.15, -0.1) is 0 Å². The molecule has 3 aromatic rings. The topological polar surface area (TPSA) is 56.8 Å². The molecule has 0 atom stereocenters. The van der Waals surface area contributed by atoms with E-state index in [1.54, 1.807) is 11.0 Å². The van der Waals surface area contributed by atoms with E-state index in [-0.39, 0.29) is 6.07 Å². The summed E-state index contributed by atoms with van der Waals surface area (Å²) in [5, 5.41) is 0. The SMILES string of the molecule is Cc1ccccc1-c1cc(N2CCN(C=O)CC2)ncc1N(C)C(=O)C(C)(C)c1cc(C(F)(F)F)cc(C(F)(F)F)c1. The average molecular weight is 593 g/mol. The molecule has 1 saturated heterocycles. The van der Waals surface area contributed by atoms with Crippen molar-refractivity contribution in [2.24, 2.45) is 0 Å². The Kier molecular flexibility index (Phi) is 8.30. The van der Waals surface area contributed by atoms with Crippen LogP contribution in [0.3, 0.4) is 0 Å². The summed E-state index contributed by atoms with van der Waals surface area (Å²) in [5.41, 5.74) is -2.56. The van der Waals surface area contributed by atoms with Crippen LogP contribution in [0.25, 0.3) is 11.1 Å². The number of hydrogen-bond acceptors (Lipinski definition) is 4. The second kappa shape index (κ2) is 11.3. The van der Waals surface area contributed by atoms with E-state index in [9.17, 15) is 35.9 Å². The van der Waals surface area contributed by atoms with E-state index in [4.69, 9.17) is 0 Å². The summed E-state index contributed by atoms with van der Waals surface area (Å²) in [6, 6.07) is 10.4. The van der Waals surface area contributed by atoms with E-state index in [1.807, 2.05) is 36.1 Å². The molecule has 224 valence electrons. The summed E-state index contributed by atoms with van der Waals surface area (Å²) < 4.78 is 81.4. The molecular weight excluding hydrogens is 562 g/mol. The van der Waals surface area contributed by atoms with E-state index in [0.29, 0.717) is 55.4 Å². The van der Waals surface area contributed by atoms with E-state index in [0.717, 1.165) is 17.5 Å². The van der Waals surface area contributed by atoms with Crippen LogP contribution >= 0.6 is 0 Å². The highest BCUT2D eigenvalue weighted by Gasteiger charge is 2.41. The van der Waals surface area contributed by atoms with Gasteiger partial charge in [-0.3, -0.25) is 9.59 Å². The van der Waals surface area contributed by atoms with Crippen molar-refractivity contribution >= 4 is 23.8 Å². The minimum absolute atomic E-state index is 0.0433. The standard InChI is InChI=1S/C30H30F6N4O2/c1-19-7-5-6-8-23(19)24-16-26(40-11-9-39(18-41)10-12-40)37-17-25(24)38(4)27(42)28(2,3)20-13-21(29(31,32)33)15-22(14-20)30(34,35)36/h5-8,13-18H,9-12H2,1-4H3. The Labute approximate surface area is 239 Å². The Balaban J connectivity index is 1.78. The third-order valence-corrected chi connectivity index (χ3v) is 7.60. The number of amides is 2. The van der Waals surface area contributed by atoms with Crippen LogP contribution in [0.4, 0.5) is 37.8 Å². The molecule has 2 heterocycles. The fourth-order valence-corrected chi connectivity index (χ4v) is 4.99. The van der Waals surface area contributed by atoms with Gasteiger partial charge in [0, 0.05) is 38.8 Å². The number of pyridine rings is 1. The van der Waals surface area contributed by atoms with Gasteiger partial charge in [0.05, 0.1) is 28.4 Å². The lowest BCUT2D eigenvalue weighted by molar-refractivity contribution is -0.143. The lowest BCUT2D eigenvalue weighted by Gasteiger charge is -2.35. The number of aromatic nitrogens is 1. The molecule has 0 bridgehead atoms. The molecule has 2 aromatic carbocycles. The number of halogens is 6. The zero-order valence-corrected chi connectivity index (χ0v) is 23.5. The molecule has 0 spiro atoms. The fraction of sp³-hybridized carbons (Fsp3) is 0.367. The maximum atomic E-state index is 13.9. The zero-order chi connectivity index (χ0) is 31.0. The van der Waals surface area contributed by atoms with Crippen molar-refractivity contribution in [3.8, 4) is 11.1 Å². The highest BCUT2D eigenvalue weighted by molar-refractivity contribution is 6.03. The lowest BCUT2D eigenvalue weighted by atomic mass is 9.81. The Bertz CT molecular complexity index is 1450. The first-order chi connectivity index (χ1) is 19.5. The van der Waals surface area contributed by atoms with Crippen molar-refractivity contribution in [3.63, 3.8) is 0 Å². The first-order valence-electron chi connectivity index (χ1n) is 13.1. The van der Waals surface area contributed by atoms with Crippen molar-refractivity contribution < 1.29 is 35.9 Å². The summed E-state index contributed by atoms with van der Waals surface area (Å²) in [6.07, 6.45) is -7.83. The molecule has 6 nitrogen and oxygen atoms in total. The van der Waals surface area contributed by atoms with Crippen molar-refractivity contribution in [1.29, 1.82) is 0 Å². The number of benzene rings is 2. The highest BCUT2D eigenvalue weighted by atomic mass is 19.4. The van der Waals surface area contributed by atoms with Crippen LogP contribution in [0.2, 0.25) is 0 Å². The van der Waals surface area contributed by atoms with Gasteiger partial charge >= 0.3 is 12.4 Å². The molecule has 1 fully saturated rings. The number of carbonyl (C=O) groups excluding carboxylic acids is 2. The van der Waals surface area contributed by atoms with E-state index in [2.05, 4.69) is 4.98 Å². The van der Waals surface area contributed by atoms with Crippen molar-refractivity contribution in [2.45, 2.75) is 38.5 Å². The predicted molar refractivity (Wildman–Crippen MR) is 147 cm³/mol. The van der Waals surface area contributed by atoms with Gasteiger partial charge in [0.15, 0.2) is 0 Å². The minimum atomic E-state index is -5.05. The summed E-state index contributed by atoms with van der Waals surface area (Å²) in [6.45, 7) is 6.57. The maximum Gasteiger partial charge on any atom is 0.416 e. The van der Waals surface area contributed by atoms with Crippen LogP contribution in [0.15, 0.2) is 54.7 Å². The molecular formula is C30H30F6N4O2. The summed E-state index contributed by atoms with van der Waals surface area (Å²) in [5.74, 6) is -0.116. The van der Waals surface area contributed by atoms with Gasteiger partial charge in [0.2, 0.25) is 12.3 Å². The predicted octanol–water partition coefficient (Wildman–Crippen LogP) is 6.31. The van der Waals surface area contributed by atoms with Crippen LogP contribution in [0, 0.1) is 6.92 Å². The van der Waals surface area contributed by atoms with Crippen LogP contribution in [-0.4, -0.2) is 55.4 Å². The van der Waals surface area contributed by atoms with Crippen LogP contribution in [0.5, 0.6) is 0 Å². The molecule has 0 aliphatic carbocycles. The molecule has 0 unspecified atom stereocenters. The van der Waals surface area contributed by atoms with Crippen molar-refractivity contribution in [3.05, 3.63) is 77.0 Å². The summed E-state index contributed by atoms with van der Waals surface area (Å²) >= 11 is 0. The monoisotopic (exact) mass is 592 g/mol. The molecule has 1 aromatic heterocycles. The van der Waals surface area contributed by atoms with E-state index >= 15 is 0 Å². The smallest absolute Gasteiger partial charge is 0.353 e. The molecule has 1 aliphatic rings. The number of alkyl halides is 6. The second-order valence-electron chi connectivity index (χ2n) is 10.8. The highest BCUT2D eigenvalue weighted by Crippen LogP contribution is 2.41. The number of likely N-dealkylation sites (N-methyl/N-ethyl adjacent to an activating group) is 1. The molecule has 12 heteroatoms. The van der Waals surface area contributed by atoms with Gasteiger partial charge in [0.25, 0.3) is 0 Å². The summed E-state index contributed by atoms with van der Waals surface area (Å²) in [7, 11) is 1.42. The minimum Gasteiger partial charge on any atom is -0.353 e. The normalized spacial score (nSPS) is 14.6. The van der Waals surface area contributed by atoms with Gasteiger partial charge in [0.1, 0.15) is 5.82 Å². The third kappa shape index (κ3) is 6.22. The molecule has 1 aliphatic heterocycles. The Morgan fingerprint density at radius 3 is 1.93 bits per heavy atom. The number of rotatable bonds is 6. The van der Waals surface area contributed by atoms with Crippen LogP contribution in [-0.2, 0) is 27.4 Å². The molecule has 4 rings (SSSR count). The largest absolute Gasteiger partial charge is 0.416 e. The first-order valence-corrected chi connectivity index (χ1v) is 13.1. The molecule has 0 N–H and O–H groups in total. The van der Waals surface area contributed by atoms with Crippen molar-refractivity contribution in [2.75, 3.05) is 43.0 Å². The first kappa shape index (κ1) is 30.9. The third-order valence-electron chi connectivity index (χ3n) is 7.60. The number of piperazine rings is 1. The Morgan fingerprint density at radius 1 is 0.857 bits per heavy atom. The maximum absolute atomic E-state index is 13.9. The molecule has 42 heavy (non-hydrogen) atoms. The fourth-order valence-electron chi connectivity index (χ4n) is 4.99. The van der Waals surface area contributed by atoms with Crippen LogP contribution in [0.1, 0.15) is 36.1 Å². The number of anilines is 2. The van der Waals surface area contributed by atoms with Gasteiger partial charge in [-0.2, -0.15) is 26.3 Å². The van der Waals surface area contributed by atoms with E-state index in [1.165, 1.54) is 32.0 Å². The molecule has 0 radical (unpaired) electrons. The van der Waals surface area contributed by atoms with Gasteiger partial charge in [-0.05, 0) is 61.7 Å². The van der Waals surface area contributed by atoms with Gasteiger partial charge in [-0.1, -0.05) is 24.3 Å². The molecule has 2 amide bonds. The quantitative estimate of drug-likeness (QED) is 0.249. The van der Waals surface area contributed by atoms with E-state index < -0.39 is 40.4 Å².